The molecule has 0 aliphatic rings. The second-order valence-electron chi connectivity index (χ2n) is 6.63. The number of aromatic nitrogens is 1. The summed E-state index contributed by atoms with van der Waals surface area (Å²) in [4.78, 5) is 6.47. The van der Waals surface area contributed by atoms with Crippen LogP contribution in [0.3, 0.4) is 0 Å². The summed E-state index contributed by atoms with van der Waals surface area (Å²) < 4.78 is 25.6. The average molecular weight is 343 g/mol. The smallest absolute Gasteiger partial charge is 0.194 e. The van der Waals surface area contributed by atoms with Crippen LogP contribution in [0.2, 0.25) is 0 Å². The lowest BCUT2D eigenvalue weighted by Gasteiger charge is -2.23. The van der Waals surface area contributed by atoms with Crippen molar-refractivity contribution >= 4 is 15.8 Å². The molecule has 0 amide bonds. The Morgan fingerprint density at radius 2 is 2.04 bits per heavy atom. The summed E-state index contributed by atoms with van der Waals surface area (Å²) in [5.41, 5.74) is 1.17. The van der Waals surface area contributed by atoms with Gasteiger partial charge in [0.15, 0.2) is 15.8 Å². The molecule has 1 aromatic heterocycles. The van der Waals surface area contributed by atoms with Crippen molar-refractivity contribution in [1.29, 1.82) is 0 Å². The Balaban J connectivity index is 2.75. The molecular weight excluding hydrogens is 312 g/mol. The minimum Gasteiger partial charge on any atom is -0.357 e. The molecule has 1 rings (SSSR count). The summed E-state index contributed by atoms with van der Waals surface area (Å²) in [5.74, 6) is 0.779. The third-order valence-electron chi connectivity index (χ3n) is 3.70. The minimum atomic E-state index is -3.15. The van der Waals surface area contributed by atoms with Gasteiger partial charge in [-0.05, 0) is 39.8 Å². The Kier molecular flexibility index (Phi) is 6.68. The molecule has 1 aromatic rings. The van der Waals surface area contributed by atoms with Gasteiger partial charge in [0.1, 0.15) is 0 Å². The fourth-order valence-corrected chi connectivity index (χ4v) is 2.97. The summed E-state index contributed by atoms with van der Waals surface area (Å²) in [7, 11) is 0.806. The topological polar surface area (TPSA) is 66.7 Å². The lowest BCUT2D eigenvalue weighted by atomic mass is 10.3. The van der Waals surface area contributed by atoms with Crippen molar-refractivity contribution in [1.82, 2.24) is 14.8 Å². The SMILES string of the molecule is CCNC(=NCCS(=O)(=O)C(C)(C)C)N(C)Cc1cccn1C. The molecular formula is C16H30N4O2S. The van der Waals surface area contributed by atoms with Gasteiger partial charge in [0, 0.05) is 32.5 Å². The zero-order chi connectivity index (χ0) is 17.7. The maximum absolute atomic E-state index is 12.2. The van der Waals surface area contributed by atoms with Gasteiger partial charge in [-0.15, -0.1) is 0 Å². The van der Waals surface area contributed by atoms with Crippen LogP contribution in [0.15, 0.2) is 23.3 Å². The molecule has 23 heavy (non-hydrogen) atoms. The molecule has 0 aromatic carbocycles. The largest absolute Gasteiger partial charge is 0.357 e. The van der Waals surface area contributed by atoms with E-state index in [1.54, 1.807) is 20.8 Å². The van der Waals surface area contributed by atoms with Gasteiger partial charge in [0.25, 0.3) is 0 Å². The number of hydrogen-bond donors (Lipinski definition) is 1. The molecule has 0 fully saturated rings. The molecule has 0 aliphatic heterocycles. The zero-order valence-corrected chi connectivity index (χ0v) is 15.9. The molecule has 1 heterocycles. The van der Waals surface area contributed by atoms with Crippen molar-refractivity contribution in [2.24, 2.45) is 12.0 Å². The van der Waals surface area contributed by atoms with E-state index in [-0.39, 0.29) is 12.3 Å². The number of aryl methyl sites for hydroxylation is 1. The van der Waals surface area contributed by atoms with E-state index >= 15 is 0 Å². The van der Waals surface area contributed by atoms with E-state index in [2.05, 4.69) is 20.9 Å². The number of hydrogen-bond acceptors (Lipinski definition) is 3. The van der Waals surface area contributed by atoms with Crippen LogP contribution in [0.1, 0.15) is 33.4 Å². The van der Waals surface area contributed by atoms with Crippen LogP contribution >= 0.6 is 0 Å². The van der Waals surface area contributed by atoms with Crippen molar-refractivity contribution in [3.05, 3.63) is 24.0 Å². The zero-order valence-electron chi connectivity index (χ0n) is 15.1. The standard InChI is InChI=1S/C16H30N4O2S/c1-7-17-15(18-10-12-23(21,22)16(2,3)4)20(6)13-14-9-8-11-19(14)5/h8-9,11H,7,10,12-13H2,1-6H3,(H,17,18). The van der Waals surface area contributed by atoms with E-state index in [0.717, 1.165) is 12.5 Å². The van der Waals surface area contributed by atoms with E-state index < -0.39 is 14.6 Å². The molecule has 0 saturated carbocycles. The Bertz CT molecular complexity index is 627. The van der Waals surface area contributed by atoms with Crippen LogP contribution in [0.4, 0.5) is 0 Å². The molecule has 0 radical (unpaired) electrons. The molecule has 6 nitrogen and oxygen atoms in total. The maximum Gasteiger partial charge on any atom is 0.194 e. The average Bonchev–Trinajstić information content (AvgIpc) is 2.82. The third kappa shape index (κ3) is 5.57. The van der Waals surface area contributed by atoms with Crippen LogP contribution in [0.25, 0.3) is 0 Å². The second-order valence-corrected chi connectivity index (χ2v) is 9.50. The normalized spacial score (nSPS) is 13.2. The van der Waals surface area contributed by atoms with Crippen molar-refractivity contribution in [3.63, 3.8) is 0 Å². The number of sulfone groups is 1. The van der Waals surface area contributed by atoms with Crippen LogP contribution in [-0.2, 0) is 23.4 Å². The quantitative estimate of drug-likeness (QED) is 0.630. The number of nitrogens with zero attached hydrogens (tertiary/aromatic N) is 3. The summed E-state index contributed by atoms with van der Waals surface area (Å²) in [6, 6.07) is 4.06. The van der Waals surface area contributed by atoms with E-state index in [4.69, 9.17) is 0 Å². The Morgan fingerprint density at radius 1 is 1.39 bits per heavy atom. The summed E-state index contributed by atoms with van der Waals surface area (Å²) in [6.07, 6.45) is 2.00. The third-order valence-corrected chi connectivity index (χ3v) is 6.29. The highest BCUT2D eigenvalue weighted by Gasteiger charge is 2.28. The van der Waals surface area contributed by atoms with Crippen molar-refractivity contribution in [2.45, 2.75) is 39.0 Å². The Labute approximate surface area is 140 Å². The van der Waals surface area contributed by atoms with Crippen molar-refractivity contribution in [3.8, 4) is 0 Å². The first-order valence-corrected chi connectivity index (χ1v) is 9.55. The maximum atomic E-state index is 12.2. The van der Waals surface area contributed by atoms with Gasteiger partial charge >= 0.3 is 0 Å². The fraction of sp³-hybridized carbons (Fsp3) is 0.688. The van der Waals surface area contributed by atoms with Gasteiger partial charge in [-0.3, -0.25) is 4.99 Å². The number of guanidine groups is 1. The first kappa shape index (κ1) is 19.5. The summed E-state index contributed by atoms with van der Waals surface area (Å²) in [5, 5.41) is 3.21. The van der Waals surface area contributed by atoms with Gasteiger partial charge in [-0.25, -0.2) is 8.42 Å². The lowest BCUT2D eigenvalue weighted by molar-refractivity contribution is 0.462. The van der Waals surface area contributed by atoms with Gasteiger partial charge in [-0.1, -0.05) is 0 Å². The highest BCUT2D eigenvalue weighted by atomic mass is 32.2. The monoisotopic (exact) mass is 342 g/mol. The van der Waals surface area contributed by atoms with Crippen LogP contribution < -0.4 is 5.32 Å². The highest BCUT2D eigenvalue weighted by Crippen LogP contribution is 2.15. The van der Waals surface area contributed by atoms with E-state index in [1.165, 1.54) is 5.69 Å². The Hall–Kier alpha value is -1.50. The highest BCUT2D eigenvalue weighted by molar-refractivity contribution is 7.92. The lowest BCUT2D eigenvalue weighted by Crippen LogP contribution is -2.39. The second kappa shape index (κ2) is 7.86. The Morgan fingerprint density at radius 3 is 2.52 bits per heavy atom. The van der Waals surface area contributed by atoms with Gasteiger partial charge in [0.05, 0.1) is 23.6 Å². The number of nitrogens with one attached hydrogen (secondary N) is 1. The molecule has 7 heteroatoms. The summed E-state index contributed by atoms with van der Waals surface area (Å²) in [6.45, 7) is 8.87. The van der Waals surface area contributed by atoms with Crippen LogP contribution in [0, 0.1) is 0 Å². The van der Waals surface area contributed by atoms with Gasteiger partial charge < -0.3 is 14.8 Å². The fourth-order valence-electron chi connectivity index (χ4n) is 2.03. The number of aliphatic imine (C=N–C) groups is 1. The first-order chi connectivity index (χ1) is 10.6. The number of rotatable bonds is 6. The molecule has 0 atom stereocenters. The predicted octanol–water partition coefficient (Wildman–Crippen LogP) is 1.64. The van der Waals surface area contributed by atoms with Crippen molar-refractivity contribution < 1.29 is 8.42 Å². The van der Waals surface area contributed by atoms with Gasteiger partial charge in [-0.2, -0.15) is 0 Å². The van der Waals surface area contributed by atoms with E-state index in [1.807, 2.05) is 38.2 Å². The van der Waals surface area contributed by atoms with Crippen LogP contribution in [-0.4, -0.2) is 54.5 Å². The van der Waals surface area contributed by atoms with Crippen LogP contribution in [0.5, 0.6) is 0 Å². The minimum absolute atomic E-state index is 0.0589. The molecule has 132 valence electrons. The molecule has 1 N–H and O–H groups in total. The van der Waals surface area contributed by atoms with E-state index in [0.29, 0.717) is 6.54 Å². The molecule has 0 bridgehead atoms. The molecule has 0 aliphatic carbocycles. The van der Waals surface area contributed by atoms with Crippen molar-refractivity contribution in [2.75, 3.05) is 25.9 Å². The predicted molar refractivity (Wildman–Crippen MR) is 96.4 cm³/mol. The molecule has 0 unspecified atom stereocenters. The molecule has 0 saturated heterocycles. The van der Waals surface area contributed by atoms with E-state index in [9.17, 15) is 8.42 Å². The first-order valence-electron chi connectivity index (χ1n) is 7.90. The molecule has 0 spiro atoms. The summed E-state index contributed by atoms with van der Waals surface area (Å²) >= 11 is 0. The van der Waals surface area contributed by atoms with Gasteiger partial charge in [0.2, 0.25) is 0 Å².